The molecule has 0 heterocycles. The molecule has 0 aliphatic rings. The van der Waals surface area contributed by atoms with Crippen LogP contribution in [-0.2, 0) is 10.0 Å². The topological polar surface area (TPSA) is 132 Å². The molecule has 3 aromatic carbocycles. The Bertz CT molecular complexity index is 1140. The number of nitrogens with zero attached hydrogens (tertiary/aromatic N) is 2. The second kappa shape index (κ2) is 8.19. The Hall–Kier alpha value is -3.59. The highest BCUT2D eigenvalue weighted by Gasteiger charge is 2.13. The number of nitrogens with two attached hydrogens (primary N) is 2. The molecule has 0 unspecified atom stereocenters. The third kappa shape index (κ3) is 4.82. The van der Waals surface area contributed by atoms with Gasteiger partial charge < -0.3 is 16.2 Å². The van der Waals surface area contributed by atoms with Crippen LogP contribution in [0, 0.1) is 6.92 Å². The monoisotopic (exact) mass is 411 g/mol. The third-order valence-electron chi connectivity index (χ3n) is 4.10. The van der Waals surface area contributed by atoms with Crippen molar-refractivity contribution in [3.8, 4) is 5.75 Å². The molecule has 29 heavy (non-hydrogen) atoms. The molecule has 0 fully saturated rings. The lowest BCUT2D eigenvalue weighted by molar-refractivity contribution is 0.417. The molecule has 5 N–H and O–H groups in total. The quantitative estimate of drug-likeness (QED) is 0.409. The average Bonchev–Trinajstić information content (AvgIpc) is 2.68. The Morgan fingerprint density at radius 1 is 0.897 bits per heavy atom. The normalized spacial score (nSPS) is 11.5. The first kappa shape index (κ1) is 20.2. The van der Waals surface area contributed by atoms with Gasteiger partial charge >= 0.3 is 0 Å². The van der Waals surface area contributed by atoms with Crippen molar-refractivity contribution in [2.75, 3.05) is 23.3 Å². The predicted octanol–water partition coefficient (Wildman–Crippen LogP) is 4.38. The maximum absolute atomic E-state index is 12.4. The smallest absolute Gasteiger partial charge is 0.261 e. The van der Waals surface area contributed by atoms with Gasteiger partial charge in [-0.1, -0.05) is 17.7 Å². The lowest BCUT2D eigenvalue weighted by atomic mass is 10.2. The molecule has 0 atom stereocenters. The molecule has 8 nitrogen and oxygen atoms in total. The van der Waals surface area contributed by atoms with Crippen LogP contribution in [0.15, 0.2) is 75.8 Å². The Balaban J connectivity index is 1.75. The van der Waals surface area contributed by atoms with Gasteiger partial charge in [0, 0.05) is 11.8 Å². The molecule has 0 aliphatic carbocycles. The maximum Gasteiger partial charge on any atom is 0.261 e. The number of nitrogen functional groups attached to an aromatic ring is 2. The number of hydrogen-bond donors (Lipinski definition) is 3. The van der Waals surface area contributed by atoms with E-state index in [1.54, 1.807) is 60.7 Å². The van der Waals surface area contributed by atoms with E-state index in [1.807, 2.05) is 6.92 Å². The minimum absolute atomic E-state index is 0.194. The van der Waals surface area contributed by atoms with Crippen LogP contribution in [0.5, 0.6) is 5.75 Å². The Kier molecular flexibility index (Phi) is 5.69. The van der Waals surface area contributed by atoms with E-state index in [0.29, 0.717) is 34.2 Å². The number of benzene rings is 3. The molecule has 3 rings (SSSR count). The van der Waals surface area contributed by atoms with Crippen molar-refractivity contribution in [1.82, 2.24) is 0 Å². The standard InChI is InChI=1S/C20H21N5O3S/c1-13-3-9-16(10-4-13)29(26,27)25-15-7-5-14(6-8-15)23-24-19-12-20(28-2)18(22)11-17(19)21/h3-12,25H,21-22H2,1-2H3. The molecule has 0 saturated carbocycles. The van der Waals surface area contributed by atoms with Gasteiger partial charge in [-0.05, 0) is 49.4 Å². The molecule has 150 valence electrons. The molecule has 0 spiro atoms. The summed E-state index contributed by atoms with van der Waals surface area (Å²) in [5.74, 6) is 0.453. The van der Waals surface area contributed by atoms with Gasteiger partial charge in [0.2, 0.25) is 0 Å². The number of aryl methyl sites for hydroxylation is 1. The van der Waals surface area contributed by atoms with Crippen LogP contribution in [0.3, 0.4) is 0 Å². The van der Waals surface area contributed by atoms with Crippen LogP contribution < -0.4 is 20.9 Å². The van der Waals surface area contributed by atoms with Crippen LogP contribution in [0.1, 0.15) is 5.56 Å². The zero-order chi connectivity index (χ0) is 21.0. The summed E-state index contributed by atoms with van der Waals surface area (Å²) >= 11 is 0. The van der Waals surface area contributed by atoms with Crippen molar-refractivity contribution in [1.29, 1.82) is 0 Å². The van der Waals surface area contributed by atoms with E-state index in [2.05, 4.69) is 15.0 Å². The Morgan fingerprint density at radius 3 is 2.17 bits per heavy atom. The van der Waals surface area contributed by atoms with Gasteiger partial charge in [-0.25, -0.2) is 8.42 Å². The van der Waals surface area contributed by atoms with Crippen LogP contribution >= 0.6 is 0 Å². The van der Waals surface area contributed by atoms with Gasteiger partial charge in [0.25, 0.3) is 10.0 Å². The molecule has 0 radical (unpaired) electrons. The summed E-state index contributed by atoms with van der Waals surface area (Å²) < 4.78 is 32.6. The number of azo groups is 1. The van der Waals surface area contributed by atoms with Crippen LogP contribution in [-0.4, -0.2) is 15.5 Å². The summed E-state index contributed by atoms with van der Waals surface area (Å²) in [5, 5.41) is 8.23. The first-order valence-corrected chi connectivity index (χ1v) is 10.1. The number of hydrogen-bond acceptors (Lipinski definition) is 7. The van der Waals surface area contributed by atoms with Gasteiger partial charge in [-0.15, -0.1) is 5.11 Å². The number of rotatable bonds is 6. The summed E-state index contributed by atoms with van der Waals surface area (Å²) in [6.07, 6.45) is 0. The zero-order valence-corrected chi connectivity index (χ0v) is 16.8. The molecular weight excluding hydrogens is 390 g/mol. The van der Waals surface area contributed by atoms with Crippen LogP contribution in [0.25, 0.3) is 0 Å². The summed E-state index contributed by atoms with van der Waals surface area (Å²) in [7, 11) is -2.16. The van der Waals surface area contributed by atoms with E-state index in [9.17, 15) is 8.42 Å². The molecule has 0 aromatic heterocycles. The second-order valence-electron chi connectivity index (χ2n) is 6.32. The van der Waals surface area contributed by atoms with E-state index in [0.717, 1.165) is 5.56 Å². The van der Waals surface area contributed by atoms with E-state index in [1.165, 1.54) is 7.11 Å². The first-order valence-electron chi connectivity index (χ1n) is 8.63. The fourth-order valence-corrected chi connectivity index (χ4v) is 3.56. The van der Waals surface area contributed by atoms with Crippen molar-refractivity contribution < 1.29 is 13.2 Å². The Morgan fingerprint density at radius 2 is 1.55 bits per heavy atom. The van der Waals surface area contributed by atoms with Gasteiger partial charge in [0.15, 0.2) is 0 Å². The molecule has 0 bridgehead atoms. The SMILES string of the molecule is COc1cc(N=Nc2ccc(NS(=O)(=O)c3ccc(C)cc3)cc2)c(N)cc1N. The van der Waals surface area contributed by atoms with E-state index < -0.39 is 10.0 Å². The lowest BCUT2D eigenvalue weighted by Crippen LogP contribution is -2.12. The Labute approximate surface area is 169 Å². The summed E-state index contributed by atoms with van der Waals surface area (Å²) in [5.41, 5.74) is 14.8. The maximum atomic E-state index is 12.4. The van der Waals surface area contributed by atoms with Gasteiger partial charge in [0.1, 0.15) is 11.4 Å². The fraction of sp³-hybridized carbons (Fsp3) is 0.100. The van der Waals surface area contributed by atoms with Crippen LogP contribution in [0.2, 0.25) is 0 Å². The average molecular weight is 411 g/mol. The highest BCUT2D eigenvalue weighted by molar-refractivity contribution is 7.92. The zero-order valence-electron chi connectivity index (χ0n) is 16.0. The third-order valence-corrected chi connectivity index (χ3v) is 5.50. The van der Waals surface area contributed by atoms with E-state index in [4.69, 9.17) is 16.2 Å². The van der Waals surface area contributed by atoms with Crippen molar-refractivity contribution in [2.45, 2.75) is 11.8 Å². The van der Waals surface area contributed by atoms with E-state index >= 15 is 0 Å². The molecule has 0 saturated heterocycles. The molecule has 0 amide bonds. The van der Waals surface area contributed by atoms with Gasteiger partial charge in [0.05, 0.1) is 29.1 Å². The summed E-state index contributed by atoms with van der Waals surface area (Å²) in [4.78, 5) is 0.194. The molecule has 3 aromatic rings. The highest BCUT2D eigenvalue weighted by atomic mass is 32.2. The van der Waals surface area contributed by atoms with Crippen molar-refractivity contribution in [3.63, 3.8) is 0 Å². The number of ether oxygens (including phenoxy) is 1. The van der Waals surface area contributed by atoms with E-state index in [-0.39, 0.29) is 4.90 Å². The molecule has 0 aliphatic heterocycles. The number of sulfonamides is 1. The molecule has 9 heteroatoms. The highest BCUT2D eigenvalue weighted by Crippen LogP contribution is 2.34. The van der Waals surface area contributed by atoms with Gasteiger partial charge in [-0.3, -0.25) is 4.72 Å². The number of nitrogens with one attached hydrogen (secondary N) is 1. The second-order valence-corrected chi connectivity index (χ2v) is 8.00. The van der Waals surface area contributed by atoms with Crippen LogP contribution in [0.4, 0.5) is 28.4 Å². The predicted molar refractivity (Wildman–Crippen MR) is 114 cm³/mol. The first-order chi connectivity index (χ1) is 13.8. The van der Waals surface area contributed by atoms with Crippen molar-refractivity contribution >= 4 is 38.5 Å². The van der Waals surface area contributed by atoms with Crippen molar-refractivity contribution in [2.24, 2.45) is 10.2 Å². The fourth-order valence-electron chi connectivity index (χ4n) is 2.51. The minimum atomic E-state index is -3.66. The summed E-state index contributed by atoms with van der Waals surface area (Å²) in [6, 6.07) is 16.2. The minimum Gasteiger partial charge on any atom is -0.495 e. The van der Waals surface area contributed by atoms with Gasteiger partial charge in [-0.2, -0.15) is 5.11 Å². The van der Waals surface area contributed by atoms with Crippen molar-refractivity contribution in [3.05, 3.63) is 66.2 Å². The largest absolute Gasteiger partial charge is 0.495 e. The number of methoxy groups -OCH3 is 1. The lowest BCUT2D eigenvalue weighted by Gasteiger charge is -2.08. The summed E-state index contributed by atoms with van der Waals surface area (Å²) in [6.45, 7) is 1.89. The molecular formula is C20H21N5O3S. The number of anilines is 3.